The van der Waals surface area contributed by atoms with Gasteiger partial charge in [0.25, 0.3) is 10.1 Å². The van der Waals surface area contributed by atoms with Crippen LogP contribution in [-0.2, 0) is 14.5 Å². The maximum Gasteiger partial charge on any atom is 0.293 e. The zero-order chi connectivity index (χ0) is 12.3. The second kappa shape index (κ2) is 10.1. The fourth-order valence-electron chi connectivity index (χ4n) is 1.63. The summed E-state index contributed by atoms with van der Waals surface area (Å²) in [4.78, 5) is 0. The Kier molecular flexibility index (Phi) is 9.97. The molecule has 0 fully saturated rings. The lowest BCUT2D eigenvalue weighted by Gasteiger charge is -2.01. The lowest BCUT2D eigenvalue weighted by molar-refractivity contribution is -0.130. The van der Waals surface area contributed by atoms with Gasteiger partial charge in [-0.1, -0.05) is 58.3 Å². The molecule has 16 heavy (non-hydrogen) atoms. The van der Waals surface area contributed by atoms with Gasteiger partial charge in [0.15, 0.2) is 0 Å². The Balaban J connectivity index is 3.16. The number of rotatable bonds is 11. The smallest absolute Gasteiger partial charge is 0.235 e. The van der Waals surface area contributed by atoms with Crippen LogP contribution in [0.25, 0.3) is 0 Å². The van der Waals surface area contributed by atoms with E-state index in [1.165, 1.54) is 38.5 Å². The highest BCUT2D eigenvalue weighted by molar-refractivity contribution is 7.86. The summed E-state index contributed by atoms with van der Waals surface area (Å²) in [5.74, 6) is -0.0840. The summed E-state index contributed by atoms with van der Waals surface area (Å²) < 4.78 is 24.9. The van der Waals surface area contributed by atoms with Gasteiger partial charge in [0.05, 0.1) is 5.75 Å². The minimum Gasteiger partial charge on any atom is -0.235 e. The van der Waals surface area contributed by atoms with Crippen molar-refractivity contribution in [3.63, 3.8) is 0 Å². The van der Waals surface area contributed by atoms with Crippen molar-refractivity contribution in [2.45, 2.75) is 64.7 Å². The molecule has 0 aliphatic carbocycles. The van der Waals surface area contributed by atoms with E-state index in [-0.39, 0.29) is 5.75 Å². The van der Waals surface area contributed by atoms with Gasteiger partial charge in [-0.3, -0.25) is 0 Å². The largest absolute Gasteiger partial charge is 0.293 e. The first kappa shape index (κ1) is 15.9. The second-order valence-electron chi connectivity index (χ2n) is 4.16. The average molecular weight is 252 g/mol. The first-order valence-corrected chi connectivity index (χ1v) is 7.76. The molecule has 0 aliphatic rings. The Morgan fingerprint density at radius 1 is 0.875 bits per heavy atom. The van der Waals surface area contributed by atoms with Crippen LogP contribution in [0.4, 0.5) is 0 Å². The Morgan fingerprint density at radius 2 is 1.31 bits per heavy atom. The minimum atomic E-state index is -3.67. The van der Waals surface area contributed by atoms with Gasteiger partial charge in [0, 0.05) is 0 Å². The van der Waals surface area contributed by atoms with E-state index >= 15 is 0 Å². The molecular weight excluding hydrogens is 228 g/mol. The summed E-state index contributed by atoms with van der Waals surface area (Å²) in [6.07, 6.45) is 10.1. The third kappa shape index (κ3) is 10.4. The van der Waals surface area contributed by atoms with Crippen LogP contribution in [0.3, 0.4) is 0 Å². The second-order valence-corrected chi connectivity index (χ2v) is 5.84. The van der Waals surface area contributed by atoms with Crippen molar-refractivity contribution in [2.24, 2.45) is 0 Å². The van der Waals surface area contributed by atoms with E-state index in [0.29, 0.717) is 6.42 Å². The number of hydrogen-bond donors (Lipinski definition) is 1. The van der Waals surface area contributed by atoms with E-state index in [9.17, 15) is 8.42 Å². The van der Waals surface area contributed by atoms with Gasteiger partial charge in [-0.15, -0.1) is 4.33 Å². The fourth-order valence-corrected chi connectivity index (χ4v) is 2.26. The summed E-state index contributed by atoms with van der Waals surface area (Å²) in [5, 5.41) is 8.03. The molecule has 1 N–H and O–H groups in total. The summed E-state index contributed by atoms with van der Waals surface area (Å²) in [5.41, 5.74) is 0. The third-order valence-electron chi connectivity index (χ3n) is 2.61. The standard InChI is InChI=1S/C11H24O4S/c1-2-3-4-5-6-7-8-9-10-11-16(13,14)15-12/h12H,2-11H2,1H3. The van der Waals surface area contributed by atoms with Crippen LogP contribution < -0.4 is 0 Å². The maximum absolute atomic E-state index is 10.7. The van der Waals surface area contributed by atoms with E-state index in [1.807, 2.05) is 0 Å². The zero-order valence-electron chi connectivity index (χ0n) is 10.2. The zero-order valence-corrected chi connectivity index (χ0v) is 11.0. The van der Waals surface area contributed by atoms with E-state index in [1.54, 1.807) is 0 Å². The molecular formula is C11H24O4S. The Labute approximate surface area is 99.1 Å². The van der Waals surface area contributed by atoms with Crippen molar-refractivity contribution in [3.8, 4) is 0 Å². The van der Waals surface area contributed by atoms with Crippen molar-refractivity contribution in [1.82, 2.24) is 0 Å². The molecule has 0 aromatic carbocycles. The lowest BCUT2D eigenvalue weighted by atomic mass is 10.1. The molecule has 0 aromatic rings. The highest BCUT2D eigenvalue weighted by atomic mass is 32.2. The van der Waals surface area contributed by atoms with E-state index < -0.39 is 10.1 Å². The molecule has 0 amide bonds. The molecule has 0 atom stereocenters. The van der Waals surface area contributed by atoms with Crippen molar-refractivity contribution >= 4 is 10.1 Å². The van der Waals surface area contributed by atoms with Crippen molar-refractivity contribution in [2.75, 3.05) is 5.75 Å². The van der Waals surface area contributed by atoms with Crippen LogP contribution >= 0.6 is 0 Å². The van der Waals surface area contributed by atoms with Gasteiger partial charge in [-0.2, -0.15) is 8.42 Å². The molecule has 0 saturated heterocycles. The Hall–Kier alpha value is -0.130. The summed E-state index contributed by atoms with van der Waals surface area (Å²) in [6, 6.07) is 0. The summed E-state index contributed by atoms with van der Waals surface area (Å²) in [6.45, 7) is 2.20. The molecule has 0 heterocycles. The first-order chi connectivity index (χ1) is 7.62. The summed E-state index contributed by atoms with van der Waals surface area (Å²) in [7, 11) is -3.67. The summed E-state index contributed by atoms with van der Waals surface area (Å²) >= 11 is 0. The van der Waals surface area contributed by atoms with Gasteiger partial charge in [0.2, 0.25) is 0 Å². The molecule has 0 saturated carbocycles. The lowest BCUT2D eigenvalue weighted by Crippen LogP contribution is -2.07. The Bertz CT molecular complexity index is 236. The average Bonchev–Trinajstić information content (AvgIpc) is 2.27. The predicted octanol–water partition coefficient (Wildman–Crippen LogP) is 3.34. The maximum atomic E-state index is 10.7. The molecule has 0 radical (unpaired) electrons. The van der Waals surface area contributed by atoms with Crippen LogP contribution in [0.15, 0.2) is 0 Å². The van der Waals surface area contributed by atoms with Gasteiger partial charge in [-0.05, 0) is 6.42 Å². The van der Waals surface area contributed by atoms with Gasteiger partial charge in [-0.25, -0.2) is 5.26 Å². The fraction of sp³-hybridized carbons (Fsp3) is 1.00. The van der Waals surface area contributed by atoms with E-state index in [2.05, 4.69) is 11.3 Å². The Morgan fingerprint density at radius 3 is 1.75 bits per heavy atom. The minimum absolute atomic E-state index is 0.0840. The third-order valence-corrected chi connectivity index (χ3v) is 3.63. The molecule has 0 aliphatic heterocycles. The van der Waals surface area contributed by atoms with Gasteiger partial charge < -0.3 is 0 Å². The molecule has 0 aromatic heterocycles. The molecule has 0 bridgehead atoms. The molecule has 98 valence electrons. The monoisotopic (exact) mass is 252 g/mol. The molecule has 0 unspecified atom stereocenters. The number of hydrogen-bond acceptors (Lipinski definition) is 4. The van der Waals surface area contributed by atoms with Crippen molar-refractivity contribution < 1.29 is 18.0 Å². The van der Waals surface area contributed by atoms with Crippen molar-refractivity contribution in [1.29, 1.82) is 0 Å². The predicted molar refractivity (Wildman–Crippen MR) is 64.7 cm³/mol. The van der Waals surface area contributed by atoms with E-state index in [0.717, 1.165) is 12.8 Å². The van der Waals surface area contributed by atoms with Crippen LogP contribution in [0, 0.1) is 0 Å². The molecule has 0 spiro atoms. The molecule has 4 nitrogen and oxygen atoms in total. The van der Waals surface area contributed by atoms with Crippen LogP contribution in [0.1, 0.15) is 64.7 Å². The highest BCUT2D eigenvalue weighted by Crippen LogP contribution is 2.10. The van der Waals surface area contributed by atoms with Crippen LogP contribution in [0.2, 0.25) is 0 Å². The van der Waals surface area contributed by atoms with Gasteiger partial charge in [0.1, 0.15) is 0 Å². The van der Waals surface area contributed by atoms with Crippen molar-refractivity contribution in [3.05, 3.63) is 0 Å². The SMILES string of the molecule is CCCCCCCCCCCS(=O)(=O)OO. The van der Waals surface area contributed by atoms with Crippen LogP contribution in [-0.4, -0.2) is 19.4 Å². The quantitative estimate of drug-likeness (QED) is 0.348. The normalized spacial score (nSPS) is 11.9. The van der Waals surface area contributed by atoms with Crippen LogP contribution in [0.5, 0.6) is 0 Å². The molecule has 0 rings (SSSR count). The highest BCUT2D eigenvalue weighted by Gasteiger charge is 2.08. The van der Waals surface area contributed by atoms with Gasteiger partial charge >= 0.3 is 0 Å². The molecule has 5 heteroatoms. The van der Waals surface area contributed by atoms with E-state index in [4.69, 9.17) is 5.26 Å². The topological polar surface area (TPSA) is 63.6 Å². The number of unbranched alkanes of at least 4 members (excludes halogenated alkanes) is 8. The first-order valence-electron chi connectivity index (χ1n) is 6.18.